The summed E-state index contributed by atoms with van der Waals surface area (Å²) in [5.74, 6) is 2.32. The Labute approximate surface area is 168 Å². The minimum absolute atomic E-state index is 0. The van der Waals surface area contributed by atoms with Gasteiger partial charge in [0.1, 0.15) is 5.76 Å². The molecule has 1 aromatic rings. The summed E-state index contributed by atoms with van der Waals surface area (Å²) in [5.41, 5.74) is 0.974. The number of methoxy groups -OCH3 is 1. The molecule has 7 nitrogen and oxygen atoms in total. The van der Waals surface area contributed by atoms with Gasteiger partial charge in [0, 0.05) is 20.2 Å². The van der Waals surface area contributed by atoms with Crippen LogP contribution in [0, 0.1) is 19.8 Å². The highest BCUT2D eigenvalue weighted by Crippen LogP contribution is 2.19. The Morgan fingerprint density at radius 1 is 1.31 bits per heavy atom. The van der Waals surface area contributed by atoms with Crippen LogP contribution in [-0.4, -0.2) is 62.2 Å². The van der Waals surface area contributed by atoms with Crippen molar-refractivity contribution in [2.24, 2.45) is 5.92 Å². The number of nitrogens with zero attached hydrogens (tertiary/aromatic N) is 2. The molecular formula is C17H32Cl2N4O3. The largest absolute Gasteiger partial charge is 0.444 e. The molecule has 0 aromatic carbocycles. The zero-order valence-electron chi connectivity index (χ0n) is 15.9. The quantitative estimate of drug-likeness (QED) is 0.603. The van der Waals surface area contributed by atoms with Gasteiger partial charge in [0.25, 0.3) is 0 Å². The molecule has 0 aliphatic carbocycles. The number of amides is 1. The van der Waals surface area contributed by atoms with Crippen LogP contribution >= 0.6 is 24.8 Å². The Hall–Kier alpha value is -0.860. The molecule has 1 aliphatic heterocycles. The summed E-state index contributed by atoms with van der Waals surface area (Å²) in [7, 11) is 1.65. The molecule has 1 amide bonds. The number of carbonyl (C=O) groups is 1. The first-order chi connectivity index (χ1) is 11.6. The van der Waals surface area contributed by atoms with Crippen LogP contribution in [0.25, 0.3) is 0 Å². The first kappa shape index (κ1) is 25.1. The van der Waals surface area contributed by atoms with E-state index in [-0.39, 0.29) is 30.7 Å². The van der Waals surface area contributed by atoms with E-state index in [1.54, 1.807) is 7.11 Å². The van der Waals surface area contributed by atoms with Crippen LogP contribution in [0.1, 0.15) is 30.2 Å². The maximum Gasteiger partial charge on any atom is 0.233 e. The summed E-state index contributed by atoms with van der Waals surface area (Å²) < 4.78 is 10.6. The van der Waals surface area contributed by atoms with Crippen LogP contribution in [0.5, 0.6) is 0 Å². The number of nitrogens with one attached hydrogen (secondary N) is 2. The zero-order valence-corrected chi connectivity index (χ0v) is 17.5. The van der Waals surface area contributed by atoms with Gasteiger partial charge in [-0.2, -0.15) is 0 Å². The van der Waals surface area contributed by atoms with Gasteiger partial charge >= 0.3 is 0 Å². The summed E-state index contributed by atoms with van der Waals surface area (Å²) >= 11 is 0. The maximum atomic E-state index is 11.7. The number of halogens is 2. The van der Waals surface area contributed by atoms with Crippen molar-refractivity contribution in [3.8, 4) is 0 Å². The number of likely N-dealkylation sites (tertiary alicyclic amines) is 1. The monoisotopic (exact) mass is 410 g/mol. The number of rotatable bonds is 9. The SMILES string of the molecule is COCCNCC(=O)NCC1CCN(Cc2nc(C)c(C)o2)CC1.Cl.Cl. The van der Waals surface area contributed by atoms with E-state index in [1.165, 1.54) is 0 Å². The molecule has 26 heavy (non-hydrogen) atoms. The van der Waals surface area contributed by atoms with Gasteiger partial charge in [-0.3, -0.25) is 9.69 Å². The average Bonchev–Trinajstić information content (AvgIpc) is 2.88. The summed E-state index contributed by atoms with van der Waals surface area (Å²) in [5, 5.41) is 6.07. The van der Waals surface area contributed by atoms with Crippen molar-refractivity contribution in [3.05, 3.63) is 17.3 Å². The third-order valence-electron chi connectivity index (χ3n) is 4.50. The Balaban J connectivity index is 0.00000312. The molecule has 0 spiro atoms. The summed E-state index contributed by atoms with van der Waals surface area (Å²) in [4.78, 5) is 18.6. The van der Waals surface area contributed by atoms with E-state index >= 15 is 0 Å². The third-order valence-corrected chi connectivity index (χ3v) is 4.50. The highest BCUT2D eigenvalue weighted by atomic mass is 35.5. The zero-order chi connectivity index (χ0) is 17.4. The predicted octanol–water partition coefficient (Wildman–Crippen LogP) is 1.70. The fraction of sp³-hybridized carbons (Fsp3) is 0.765. The van der Waals surface area contributed by atoms with Gasteiger partial charge in [-0.05, 0) is 45.7 Å². The number of piperidine rings is 1. The van der Waals surface area contributed by atoms with Crippen molar-refractivity contribution in [3.63, 3.8) is 0 Å². The number of oxazole rings is 1. The Kier molecular flexibility index (Phi) is 12.9. The van der Waals surface area contributed by atoms with E-state index < -0.39 is 0 Å². The van der Waals surface area contributed by atoms with Gasteiger partial charge in [-0.15, -0.1) is 24.8 Å². The molecule has 0 atom stereocenters. The molecule has 9 heteroatoms. The second-order valence-electron chi connectivity index (χ2n) is 6.44. The molecule has 1 fully saturated rings. The van der Waals surface area contributed by atoms with E-state index in [0.29, 0.717) is 25.6 Å². The molecule has 152 valence electrons. The number of ether oxygens (including phenoxy) is 1. The number of aromatic nitrogens is 1. The summed E-state index contributed by atoms with van der Waals surface area (Å²) in [6.45, 7) is 9.17. The lowest BCUT2D eigenvalue weighted by atomic mass is 9.97. The van der Waals surface area contributed by atoms with E-state index in [2.05, 4.69) is 20.5 Å². The van der Waals surface area contributed by atoms with Crippen LogP contribution in [0.15, 0.2) is 4.42 Å². The second kappa shape index (κ2) is 13.3. The van der Waals surface area contributed by atoms with E-state index in [0.717, 1.165) is 56.4 Å². The van der Waals surface area contributed by atoms with Crippen molar-refractivity contribution in [1.29, 1.82) is 0 Å². The van der Waals surface area contributed by atoms with Crippen LogP contribution < -0.4 is 10.6 Å². The Morgan fingerprint density at radius 3 is 2.58 bits per heavy atom. The minimum Gasteiger partial charge on any atom is -0.444 e. The van der Waals surface area contributed by atoms with Gasteiger partial charge < -0.3 is 19.8 Å². The molecule has 0 unspecified atom stereocenters. The lowest BCUT2D eigenvalue weighted by Crippen LogP contribution is -2.41. The van der Waals surface area contributed by atoms with E-state index in [1.807, 2.05) is 13.8 Å². The Bertz CT molecular complexity index is 501. The van der Waals surface area contributed by atoms with Crippen LogP contribution in [0.4, 0.5) is 0 Å². The second-order valence-corrected chi connectivity index (χ2v) is 6.44. The topological polar surface area (TPSA) is 79.6 Å². The van der Waals surface area contributed by atoms with Gasteiger partial charge in [0.05, 0.1) is 25.4 Å². The number of hydrogen-bond donors (Lipinski definition) is 2. The van der Waals surface area contributed by atoms with Crippen LogP contribution in [0.3, 0.4) is 0 Å². The molecule has 0 radical (unpaired) electrons. The average molecular weight is 411 g/mol. The first-order valence-corrected chi connectivity index (χ1v) is 8.70. The summed E-state index contributed by atoms with van der Waals surface area (Å²) in [6, 6.07) is 0. The van der Waals surface area contributed by atoms with Crippen molar-refractivity contribution in [2.75, 3.05) is 46.4 Å². The van der Waals surface area contributed by atoms with Crippen LogP contribution in [-0.2, 0) is 16.1 Å². The third kappa shape index (κ3) is 8.68. The molecule has 1 aliphatic rings. The van der Waals surface area contributed by atoms with Crippen molar-refractivity contribution >= 4 is 30.7 Å². The van der Waals surface area contributed by atoms with E-state index in [4.69, 9.17) is 9.15 Å². The van der Waals surface area contributed by atoms with Gasteiger partial charge in [0.2, 0.25) is 11.8 Å². The van der Waals surface area contributed by atoms with Crippen molar-refractivity contribution in [2.45, 2.75) is 33.2 Å². The van der Waals surface area contributed by atoms with Gasteiger partial charge in [0.15, 0.2) is 0 Å². The first-order valence-electron chi connectivity index (χ1n) is 8.70. The Morgan fingerprint density at radius 2 is 2.00 bits per heavy atom. The summed E-state index contributed by atoms with van der Waals surface area (Å²) in [6.07, 6.45) is 2.19. The van der Waals surface area contributed by atoms with Crippen molar-refractivity contribution < 1.29 is 13.9 Å². The lowest BCUT2D eigenvalue weighted by Gasteiger charge is -2.31. The molecule has 2 rings (SSSR count). The molecule has 0 saturated carbocycles. The highest BCUT2D eigenvalue weighted by Gasteiger charge is 2.21. The minimum atomic E-state index is 0. The molecule has 2 N–H and O–H groups in total. The smallest absolute Gasteiger partial charge is 0.233 e. The molecule has 1 aromatic heterocycles. The predicted molar refractivity (Wildman–Crippen MR) is 106 cm³/mol. The normalized spacial score (nSPS) is 15.2. The van der Waals surface area contributed by atoms with Crippen LogP contribution in [0.2, 0.25) is 0 Å². The van der Waals surface area contributed by atoms with Gasteiger partial charge in [-0.25, -0.2) is 4.98 Å². The fourth-order valence-corrected chi connectivity index (χ4v) is 2.84. The number of aryl methyl sites for hydroxylation is 2. The standard InChI is InChI=1S/C17H30N4O3.2ClH/c1-13-14(2)24-17(20-13)12-21-7-4-15(5-8-21)10-19-16(22)11-18-6-9-23-3;;/h15,18H,4-12H2,1-3H3,(H,19,22);2*1H. The maximum absolute atomic E-state index is 11.7. The molecule has 0 bridgehead atoms. The lowest BCUT2D eigenvalue weighted by molar-refractivity contribution is -0.120. The number of carbonyl (C=O) groups excluding carboxylic acids is 1. The van der Waals surface area contributed by atoms with Crippen molar-refractivity contribution in [1.82, 2.24) is 20.5 Å². The van der Waals surface area contributed by atoms with E-state index in [9.17, 15) is 4.79 Å². The highest BCUT2D eigenvalue weighted by molar-refractivity contribution is 5.85. The molecule has 1 saturated heterocycles. The molecule has 2 heterocycles. The fourth-order valence-electron chi connectivity index (χ4n) is 2.84. The molecular weight excluding hydrogens is 379 g/mol. The van der Waals surface area contributed by atoms with Gasteiger partial charge in [-0.1, -0.05) is 0 Å². The number of hydrogen-bond acceptors (Lipinski definition) is 6.